The molecule has 1 aromatic carbocycles. The second-order valence-corrected chi connectivity index (χ2v) is 10.4. The molecule has 1 aliphatic heterocycles. The summed E-state index contributed by atoms with van der Waals surface area (Å²) < 4.78 is 0. The number of hydrogen-bond donors (Lipinski definition) is 6. The van der Waals surface area contributed by atoms with Crippen molar-refractivity contribution < 1.29 is 34.2 Å². The molecule has 0 aliphatic carbocycles. The lowest BCUT2D eigenvalue weighted by atomic mass is 10.0. The topological polar surface area (TPSA) is 191 Å². The lowest BCUT2D eigenvalue weighted by Crippen LogP contribution is -2.60. The lowest BCUT2D eigenvalue weighted by Gasteiger charge is -2.31. The average Bonchev–Trinajstić information content (AvgIpc) is 3.22. The van der Waals surface area contributed by atoms with Crippen LogP contribution in [0.15, 0.2) is 30.3 Å². The van der Waals surface area contributed by atoms with Gasteiger partial charge in [0.1, 0.15) is 30.5 Å². The van der Waals surface area contributed by atoms with Gasteiger partial charge < -0.3 is 41.6 Å². The molecule has 0 unspecified atom stereocenters. The van der Waals surface area contributed by atoms with Gasteiger partial charge in [0.2, 0.25) is 23.6 Å². The van der Waals surface area contributed by atoms with Crippen LogP contribution in [-0.4, -0.2) is 99.2 Å². The number of carbonyl (C=O) groups is 5. The highest BCUT2D eigenvalue weighted by Gasteiger charge is 2.48. The van der Waals surface area contributed by atoms with Gasteiger partial charge in [-0.3, -0.25) is 19.2 Å². The second-order valence-electron chi connectivity index (χ2n) is 9.31. The van der Waals surface area contributed by atoms with Crippen LogP contribution >= 0.6 is 23.2 Å². The molecule has 0 radical (unpaired) electrons. The Labute approximate surface area is 236 Å². The van der Waals surface area contributed by atoms with Crippen LogP contribution in [0.3, 0.4) is 0 Å². The number of nitrogens with zero attached hydrogens (tertiary/aromatic N) is 1. The minimum atomic E-state index is -1.53. The van der Waals surface area contributed by atoms with E-state index in [1.165, 1.54) is 6.92 Å². The maximum atomic E-state index is 13.4. The summed E-state index contributed by atoms with van der Waals surface area (Å²) >= 11 is 12.7. The van der Waals surface area contributed by atoms with E-state index in [1.54, 1.807) is 31.2 Å². The van der Waals surface area contributed by atoms with E-state index in [1.807, 2.05) is 6.07 Å². The number of aldehydes is 1. The number of hydrogen-bond acceptors (Lipinski definition) is 8. The molecule has 1 saturated heterocycles. The van der Waals surface area contributed by atoms with E-state index in [9.17, 15) is 29.1 Å². The maximum Gasteiger partial charge on any atom is 0.245 e. The largest absolute Gasteiger partial charge is 0.394 e. The van der Waals surface area contributed by atoms with Crippen LogP contribution in [-0.2, 0) is 24.0 Å². The Morgan fingerprint density at radius 3 is 2.33 bits per heavy atom. The van der Waals surface area contributed by atoms with Crippen LogP contribution in [0.1, 0.15) is 38.3 Å². The molecule has 2 rings (SSSR count). The molecular weight excluding hydrogens is 553 g/mol. The molecule has 4 amide bonds. The first-order chi connectivity index (χ1) is 18.4. The molecule has 12 nitrogen and oxygen atoms in total. The van der Waals surface area contributed by atoms with Gasteiger partial charge in [0.05, 0.1) is 23.5 Å². The summed E-state index contributed by atoms with van der Waals surface area (Å²) in [7, 11) is 0. The molecule has 216 valence electrons. The zero-order valence-electron chi connectivity index (χ0n) is 21.6. The number of rotatable bonds is 13. The number of benzene rings is 1. The van der Waals surface area contributed by atoms with Gasteiger partial charge in [0.15, 0.2) is 0 Å². The molecule has 0 saturated carbocycles. The van der Waals surface area contributed by atoms with E-state index in [0.29, 0.717) is 6.29 Å². The third-order valence-corrected chi connectivity index (χ3v) is 7.41. The quantitative estimate of drug-likeness (QED) is 0.124. The Hall–Kier alpha value is -2.77. The highest BCUT2D eigenvalue weighted by molar-refractivity contribution is 6.32. The van der Waals surface area contributed by atoms with Crippen molar-refractivity contribution in [2.75, 3.05) is 13.2 Å². The van der Waals surface area contributed by atoms with Crippen LogP contribution in [0.4, 0.5) is 0 Å². The molecule has 14 heteroatoms. The van der Waals surface area contributed by atoms with E-state index in [2.05, 4.69) is 16.0 Å². The van der Waals surface area contributed by atoms with Crippen molar-refractivity contribution in [3.8, 4) is 0 Å². The van der Waals surface area contributed by atoms with Crippen molar-refractivity contribution in [2.24, 2.45) is 5.73 Å². The summed E-state index contributed by atoms with van der Waals surface area (Å²) in [5.74, 6) is -2.86. The zero-order chi connectivity index (χ0) is 29.3. The molecule has 1 fully saturated rings. The fourth-order valence-electron chi connectivity index (χ4n) is 4.13. The number of aliphatic hydroxyl groups excluding tert-OH is 2. The Bertz CT molecular complexity index is 1020. The first kappa shape index (κ1) is 32.4. The Morgan fingerprint density at radius 2 is 1.79 bits per heavy atom. The molecule has 1 heterocycles. The number of likely N-dealkylation sites (tertiary alicyclic amines) is 1. The minimum Gasteiger partial charge on any atom is -0.394 e. The smallest absolute Gasteiger partial charge is 0.245 e. The van der Waals surface area contributed by atoms with Gasteiger partial charge >= 0.3 is 0 Å². The molecule has 0 aromatic heterocycles. The summed E-state index contributed by atoms with van der Waals surface area (Å²) in [5.41, 5.74) is 6.88. The van der Waals surface area contributed by atoms with Crippen molar-refractivity contribution >= 4 is 53.1 Å². The van der Waals surface area contributed by atoms with Crippen LogP contribution in [0, 0.1) is 0 Å². The summed E-state index contributed by atoms with van der Waals surface area (Å²) in [6.45, 7) is 2.13. The van der Waals surface area contributed by atoms with Crippen LogP contribution in [0.5, 0.6) is 0 Å². The molecule has 8 atom stereocenters. The van der Waals surface area contributed by atoms with Gasteiger partial charge in [-0.25, -0.2) is 0 Å². The third-order valence-electron chi connectivity index (χ3n) is 6.33. The number of carbonyl (C=O) groups excluding carboxylic acids is 5. The van der Waals surface area contributed by atoms with Crippen molar-refractivity contribution in [2.45, 2.75) is 73.8 Å². The third kappa shape index (κ3) is 8.61. The Kier molecular flexibility index (Phi) is 12.6. The van der Waals surface area contributed by atoms with Gasteiger partial charge in [-0.1, -0.05) is 37.3 Å². The van der Waals surface area contributed by atoms with Gasteiger partial charge in [0, 0.05) is 19.0 Å². The van der Waals surface area contributed by atoms with Crippen LogP contribution in [0.25, 0.3) is 0 Å². The highest BCUT2D eigenvalue weighted by Crippen LogP contribution is 2.29. The molecule has 0 spiro atoms. The van der Waals surface area contributed by atoms with Gasteiger partial charge in [-0.15, -0.1) is 23.2 Å². The zero-order valence-corrected chi connectivity index (χ0v) is 23.1. The molecular formula is C25H35Cl2N5O7. The van der Waals surface area contributed by atoms with Crippen LogP contribution < -0.4 is 21.7 Å². The number of nitrogens with two attached hydrogens (primary N) is 1. The van der Waals surface area contributed by atoms with Gasteiger partial charge in [-0.2, -0.15) is 0 Å². The number of halogens is 2. The minimum absolute atomic E-state index is 0.0746. The van der Waals surface area contributed by atoms with E-state index in [-0.39, 0.29) is 19.4 Å². The molecule has 1 aliphatic rings. The molecule has 7 N–H and O–H groups in total. The molecule has 1 aromatic rings. The Balaban J connectivity index is 2.14. The molecule has 39 heavy (non-hydrogen) atoms. The predicted octanol–water partition coefficient (Wildman–Crippen LogP) is -1.06. The number of nitrogens with one attached hydrogen (secondary N) is 3. The van der Waals surface area contributed by atoms with Crippen molar-refractivity contribution in [1.82, 2.24) is 20.9 Å². The summed E-state index contributed by atoms with van der Waals surface area (Å²) in [5, 5.41) is 24.6. The second kappa shape index (κ2) is 15.1. The average molecular weight is 588 g/mol. The first-order valence-electron chi connectivity index (χ1n) is 12.5. The van der Waals surface area contributed by atoms with E-state index >= 15 is 0 Å². The Morgan fingerprint density at radius 1 is 1.15 bits per heavy atom. The monoisotopic (exact) mass is 587 g/mol. The van der Waals surface area contributed by atoms with Crippen molar-refractivity contribution in [1.29, 1.82) is 0 Å². The van der Waals surface area contributed by atoms with Gasteiger partial charge in [-0.05, 0) is 18.9 Å². The summed E-state index contributed by atoms with van der Waals surface area (Å²) in [6, 6.07) is 3.33. The standard InChI is InChI=1S/C25H35Cl2N5O7/c1-3-18(30-19(36)9-17(28)14-7-5-4-6-8-14)25(39)32-10-16(26)20(27)22(32)24(38)31-21(13(2)35)23(37)29-15(11-33)12-34/h4-8,11,13,15-18,20-22,34-35H,3,9-10,12,28H2,1-2H3,(H,29,37)(H,30,36)(H,31,38)/t13-,15-,16+,17-,18+,20+,21+,22+/m1/s1. The normalized spacial score (nSPS) is 22.6. The van der Waals surface area contributed by atoms with E-state index in [4.69, 9.17) is 34.0 Å². The SMILES string of the molecule is CC[C@H](NC(=O)C[C@@H](N)c1ccccc1)C(=O)N1C[C@H](Cl)[C@H](Cl)[C@H]1C(=O)N[C@H](C(=O)N[C@H](C=O)CO)[C@@H](C)O. The number of alkyl halides is 2. The fourth-order valence-corrected chi connectivity index (χ4v) is 4.75. The number of aliphatic hydroxyl groups is 2. The number of amides is 4. The lowest BCUT2D eigenvalue weighted by molar-refractivity contribution is -0.142. The predicted molar refractivity (Wildman–Crippen MR) is 144 cm³/mol. The van der Waals surface area contributed by atoms with Gasteiger partial charge in [0.25, 0.3) is 0 Å². The van der Waals surface area contributed by atoms with E-state index in [0.717, 1.165) is 10.5 Å². The summed E-state index contributed by atoms with van der Waals surface area (Å²) in [6.07, 6.45) is -0.977. The maximum absolute atomic E-state index is 13.4. The molecule has 0 bridgehead atoms. The summed E-state index contributed by atoms with van der Waals surface area (Å²) in [4.78, 5) is 64.0. The van der Waals surface area contributed by atoms with E-state index < -0.39 is 77.3 Å². The van der Waals surface area contributed by atoms with Crippen LogP contribution in [0.2, 0.25) is 0 Å². The van der Waals surface area contributed by atoms with Crippen molar-refractivity contribution in [3.05, 3.63) is 35.9 Å². The fraction of sp³-hybridized carbons (Fsp3) is 0.560. The highest BCUT2D eigenvalue weighted by atomic mass is 35.5. The van der Waals surface area contributed by atoms with Crippen molar-refractivity contribution in [3.63, 3.8) is 0 Å². The first-order valence-corrected chi connectivity index (χ1v) is 13.4.